The van der Waals surface area contributed by atoms with Gasteiger partial charge < -0.3 is 16.0 Å². The Morgan fingerprint density at radius 3 is 2.66 bits per heavy atom. The van der Waals surface area contributed by atoms with Crippen LogP contribution in [0.15, 0.2) is 41.7 Å². The Hall–Kier alpha value is -3.95. The Morgan fingerprint density at radius 2 is 1.94 bits per heavy atom. The Kier molecular flexibility index (Phi) is 6.29. The molecule has 0 aromatic carbocycles. The van der Waals surface area contributed by atoms with Crippen molar-refractivity contribution in [2.24, 2.45) is 4.99 Å². The smallest absolute Gasteiger partial charge is 0.270 e. The average Bonchev–Trinajstić information content (AvgIpc) is 3.30. The van der Waals surface area contributed by atoms with E-state index < -0.39 is 5.95 Å². The van der Waals surface area contributed by atoms with E-state index in [-0.39, 0.29) is 18.1 Å². The number of aliphatic imine (C=N–C) groups is 1. The number of hydrogen-bond donors (Lipinski definition) is 3. The number of halogens is 1. The molecule has 3 aromatic heterocycles. The van der Waals surface area contributed by atoms with E-state index in [0.29, 0.717) is 35.3 Å². The van der Waals surface area contributed by atoms with Crippen LogP contribution in [0.3, 0.4) is 0 Å². The van der Waals surface area contributed by atoms with E-state index in [4.69, 9.17) is 0 Å². The fraction of sp³-hybridized carbons (Fsp3) is 0.273. The molecule has 0 spiro atoms. The highest BCUT2D eigenvalue weighted by Crippen LogP contribution is 2.22. The molecule has 0 radical (unpaired) electrons. The van der Waals surface area contributed by atoms with Gasteiger partial charge in [-0.2, -0.15) is 4.39 Å². The minimum atomic E-state index is -0.564. The lowest BCUT2D eigenvalue weighted by Crippen LogP contribution is -2.33. The van der Waals surface area contributed by atoms with Crippen molar-refractivity contribution in [1.82, 2.24) is 35.9 Å². The summed E-state index contributed by atoms with van der Waals surface area (Å²) in [6.45, 7) is 5.73. The quantitative estimate of drug-likeness (QED) is 0.505. The summed E-state index contributed by atoms with van der Waals surface area (Å²) in [7, 11) is 0. The molecule has 1 aliphatic heterocycles. The molecule has 1 amide bonds. The fourth-order valence-corrected chi connectivity index (χ4v) is 3.21. The zero-order valence-corrected chi connectivity index (χ0v) is 17.8. The van der Waals surface area contributed by atoms with Crippen molar-refractivity contribution in [3.63, 3.8) is 0 Å². The normalized spacial score (nSPS) is 12.8. The molecular formula is C22H23FN8O. The molecule has 164 valence electrons. The molecule has 0 saturated heterocycles. The minimum absolute atomic E-state index is 0.177. The SMILES string of the molecule is Cc1cnc(CNC(=O)c2cc(CNC3=NCCN3)cc(-c3ccc(F)nc3C)n2)nc1. The number of carbonyl (C=O) groups is 1. The molecule has 3 aromatic rings. The lowest BCUT2D eigenvalue weighted by molar-refractivity contribution is 0.0945. The number of nitrogens with one attached hydrogen (secondary N) is 3. The molecule has 3 N–H and O–H groups in total. The van der Waals surface area contributed by atoms with Crippen molar-refractivity contribution in [3.8, 4) is 11.3 Å². The van der Waals surface area contributed by atoms with Crippen molar-refractivity contribution < 1.29 is 9.18 Å². The summed E-state index contributed by atoms with van der Waals surface area (Å²) in [5.74, 6) is 0.295. The molecule has 9 nitrogen and oxygen atoms in total. The zero-order valence-electron chi connectivity index (χ0n) is 17.8. The standard InChI is InChI=1S/C22H23FN8O/c1-13-9-26-20(27-10-13)12-28-21(32)18-8-15(11-29-22-24-5-6-25-22)7-17(31-18)16-3-4-19(23)30-14(16)2/h3-4,7-10H,5-6,11-12H2,1-2H3,(H,28,32)(H2,24,25,29). The van der Waals surface area contributed by atoms with Crippen molar-refractivity contribution in [2.75, 3.05) is 13.1 Å². The number of aryl methyl sites for hydroxylation is 2. The van der Waals surface area contributed by atoms with Gasteiger partial charge in [0.1, 0.15) is 11.5 Å². The number of carbonyl (C=O) groups excluding carboxylic acids is 1. The first-order valence-electron chi connectivity index (χ1n) is 10.2. The number of amides is 1. The lowest BCUT2D eigenvalue weighted by Gasteiger charge is -2.12. The van der Waals surface area contributed by atoms with Gasteiger partial charge in [-0.3, -0.25) is 9.79 Å². The maximum atomic E-state index is 13.5. The number of aromatic nitrogens is 4. The molecule has 4 heterocycles. The first-order valence-corrected chi connectivity index (χ1v) is 10.2. The highest BCUT2D eigenvalue weighted by atomic mass is 19.1. The van der Waals surface area contributed by atoms with Gasteiger partial charge in [0.05, 0.1) is 18.8 Å². The third-order valence-electron chi connectivity index (χ3n) is 4.82. The molecule has 0 unspecified atom stereocenters. The van der Waals surface area contributed by atoms with Crippen LogP contribution in [-0.2, 0) is 13.1 Å². The topological polar surface area (TPSA) is 117 Å². The zero-order chi connectivity index (χ0) is 22.5. The van der Waals surface area contributed by atoms with Gasteiger partial charge in [0.2, 0.25) is 5.95 Å². The van der Waals surface area contributed by atoms with E-state index in [1.165, 1.54) is 6.07 Å². The average molecular weight is 434 g/mol. The first-order chi connectivity index (χ1) is 15.5. The monoisotopic (exact) mass is 434 g/mol. The Bertz CT molecular complexity index is 1160. The summed E-state index contributed by atoms with van der Waals surface area (Å²) in [4.78, 5) is 34.0. The fourth-order valence-electron chi connectivity index (χ4n) is 3.21. The van der Waals surface area contributed by atoms with Gasteiger partial charge in [0.25, 0.3) is 5.91 Å². The third kappa shape index (κ3) is 5.20. The molecule has 0 bridgehead atoms. The van der Waals surface area contributed by atoms with E-state index in [1.54, 1.807) is 31.5 Å². The van der Waals surface area contributed by atoms with Gasteiger partial charge in [-0.05, 0) is 49.2 Å². The van der Waals surface area contributed by atoms with E-state index >= 15 is 0 Å². The van der Waals surface area contributed by atoms with Crippen LogP contribution in [0.2, 0.25) is 0 Å². The maximum Gasteiger partial charge on any atom is 0.270 e. The Balaban J connectivity index is 1.59. The van der Waals surface area contributed by atoms with Crippen LogP contribution in [0.1, 0.15) is 33.1 Å². The number of rotatable bonds is 6. The highest BCUT2D eigenvalue weighted by Gasteiger charge is 2.15. The molecule has 1 aliphatic rings. The van der Waals surface area contributed by atoms with Gasteiger partial charge in [-0.1, -0.05) is 0 Å². The van der Waals surface area contributed by atoms with Crippen LogP contribution in [0.5, 0.6) is 0 Å². The molecule has 4 rings (SSSR count). The van der Waals surface area contributed by atoms with E-state index in [2.05, 4.69) is 40.9 Å². The molecule has 0 fully saturated rings. The van der Waals surface area contributed by atoms with Crippen molar-refractivity contribution in [3.05, 3.63) is 70.9 Å². The van der Waals surface area contributed by atoms with Crippen molar-refractivity contribution >= 4 is 11.9 Å². The molecule has 0 saturated carbocycles. The minimum Gasteiger partial charge on any atom is -0.355 e. The van der Waals surface area contributed by atoms with Gasteiger partial charge in [-0.25, -0.2) is 19.9 Å². The van der Waals surface area contributed by atoms with Gasteiger partial charge in [0.15, 0.2) is 5.96 Å². The van der Waals surface area contributed by atoms with Gasteiger partial charge >= 0.3 is 0 Å². The summed E-state index contributed by atoms with van der Waals surface area (Å²) < 4.78 is 13.5. The molecule has 0 atom stereocenters. The van der Waals surface area contributed by atoms with Crippen molar-refractivity contribution in [2.45, 2.75) is 26.9 Å². The molecule has 0 aliphatic carbocycles. The van der Waals surface area contributed by atoms with E-state index in [0.717, 1.165) is 24.2 Å². The second-order valence-corrected chi connectivity index (χ2v) is 7.38. The second kappa shape index (κ2) is 9.46. The number of guanidine groups is 1. The summed E-state index contributed by atoms with van der Waals surface area (Å²) >= 11 is 0. The summed E-state index contributed by atoms with van der Waals surface area (Å²) in [5, 5.41) is 9.16. The van der Waals surface area contributed by atoms with Crippen LogP contribution in [0.4, 0.5) is 4.39 Å². The lowest BCUT2D eigenvalue weighted by atomic mass is 10.1. The predicted molar refractivity (Wildman–Crippen MR) is 117 cm³/mol. The molecule has 32 heavy (non-hydrogen) atoms. The third-order valence-corrected chi connectivity index (χ3v) is 4.82. The van der Waals surface area contributed by atoms with E-state index in [1.807, 2.05) is 13.0 Å². The Morgan fingerprint density at radius 1 is 1.12 bits per heavy atom. The first kappa shape index (κ1) is 21.3. The summed E-state index contributed by atoms with van der Waals surface area (Å²) in [5.41, 5.74) is 3.68. The number of nitrogens with zero attached hydrogens (tertiary/aromatic N) is 5. The Labute approximate surface area is 184 Å². The van der Waals surface area contributed by atoms with Crippen molar-refractivity contribution in [1.29, 1.82) is 0 Å². The summed E-state index contributed by atoms with van der Waals surface area (Å²) in [6.07, 6.45) is 3.39. The van der Waals surface area contributed by atoms with Crippen LogP contribution in [-0.4, -0.2) is 44.9 Å². The maximum absolute atomic E-state index is 13.5. The largest absolute Gasteiger partial charge is 0.355 e. The van der Waals surface area contributed by atoms with Crippen LogP contribution in [0.25, 0.3) is 11.3 Å². The number of hydrogen-bond acceptors (Lipinski definition) is 8. The van der Waals surface area contributed by atoms with Gasteiger partial charge in [-0.15, -0.1) is 0 Å². The highest BCUT2D eigenvalue weighted by molar-refractivity contribution is 5.93. The van der Waals surface area contributed by atoms with Crippen LogP contribution in [0, 0.1) is 19.8 Å². The van der Waals surface area contributed by atoms with Crippen LogP contribution < -0.4 is 16.0 Å². The number of pyridine rings is 2. The predicted octanol–water partition coefficient (Wildman–Crippen LogP) is 1.67. The second-order valence-electron chi connectivity index (χ2n) is 7.38. The molecule has 10 heteroatoms. The van der Waals surface area contributed by atoms with E-state index in [9.17, 15) is 9.18 Å². The van der Waals surface area contributed by atoms with Crippen LogP contribution >= 0.6 is 0 Å². The van der Waals surface area contributed by atoms with Gasteiger partial charge in [0, 0.05) is 36.7 Å². The molecular weight excluding hydrogens is 411 g/mol. The summed E-state index contributed by atoms with van der Waals surface area (Å²) in [6, 6.07) is 6.45.